The molecule has 0 aliphatic carbocycles. The lowest BCUT2D eigenvalue weighted by molar-refractivity contribution is 0.745. The monoisotopic (exact) mass is 807 g/mol. The molecule has 9 aromatic carbocycles. The fourth-order valence-electron chi connectivity index (χ4n) is 9.49. The highest BCUT2D eigenvalue weighted by Crippen LogP contribution is 2.47. The van der Waals surface area contributed by atoms with Crippen molar-refractivity contribution in [3.05, 3.63) is 305 Å². The lowest BCUT2D eigenvalue weighted by atomic mass is 9.65. The molecule has 0 saturated carbocycles. The summed E-state index contributed by atoms with van der Waals surface area (Å²) < 4.78 is 0. The maximum Gasteiger partial charge on any atom is 0.164 e. The summed E-state index contributed by atoms with van der Waals surface area (Å²) in [5, 5.41) is 0. The minimum Gasteiger partial charge on any atom is -0.208 e. The zero-order chi connectivity index (χ0) is 42.5. The van der Waals surface area contributed by atoms with E-state index in [2.05, 4.69) is 262 Å². The average Bonchev–Trinajstić information content (AvgIpc) is 3.37. The Balaban J connectivity index is 1.21. The number of hydrogen-bond donors (Lipinski definition) is 0. The van der Waals surface area contributed by atoms with Gasteiger partial charge in [-0.2, -0.15) is 0 Å². The Labute approximate surface area is 370 Å². The second kappa shape index (κ2) is 17.2. The lowest BCUT2D eigenvalue weighted by Crippen LogP contribution is -2.31. The van der Waals surface area contributed by atoms with Crippen LogP contribution in [0.5, 0.6) is 0 Å². The Kier molecular flexibility index (Phi) is 10.7. The molecule has 0 aliphatic rings. The normalized spacial score (nSPS) is 11.6. The molecular weight excluding hydrogens is 763 g/mol. The van der Waals surface area contributed by atoms with Crippen LogP contribution >= 0.6 is 0 Å². The minimum absolute atomic E-state index is 0.606. The predicted octanol–water partition coefficient (Wildman–Crippen LogP) is 13.9. The van der Waals surface area contributed by atoms with Gasteiger partial charge in [0.05, 0.1) is 10.8 Å². The topological polar surface area (TPSA) is 38.7 Å². The van der Waals surface area contributed by atoms with Crippen LogP contribution in [0.4, 0.5) is 0 Å². The summed E-state index contributed by atoms with van der Waals surface area (Å²) in [6.45, 7) is 2.11. The molecule has 3 nitrogen and oxygen atoms in total. The van der Waals surface area contributed by atoms with Crippen LogP contribution in [-0.4, -0.2) is 15.0 Å². The third-order valence-electron chi connectivity index (χ3n) is 12.4. The Morgan fingerprint density at radius 2 is 0.524 bits per heavy atom. The fourth-order valence-corrected chi connectivity index (χ4v) is 9.49. The SMILES string of the molecule is Cc1ccccc1-c1nc(-c2cccc(C(c3ccccc3)(c3ccccc3)c3ccccc3)c2)nc(-c2cccc(C(c3ccccc3)(c3ccccc3)c3ccccc3)c2)n1. The molecule has 0 fully saturated rings. The summed E-state index contributed by atoms with van der Waals surface area (Å²) in [4.78, 5) is 16.0. The first-order valence-electron chi connectivity index (χ1n) is 21.5. The molecule has 63 heavy (non-hydrogen) atoms. The third kappa shape index (κ3) is 7.14. The van der Waals surface area contributed by atoms with E-state index in [1.165, 1.54) is 33.4 Å². The molecule has 0 aliphatic heterocycles. The first kappa shape index (κ1) is 39.1. The zero-order valence-corrected chi connectivity index (χ0v) is 35.1. The van der Waals surface area contributed by atoms with Gasteiger partial charge in [-0.3, -0.25) is 0 Å². The highest BCUT2D eigenvalue weighted by molar-refractivity contribution is 5.72. The van der Waals surface area contributed by atoms with Crippen LogP contribution in [0.25, 0.3) is 34.2 Å². The molecule has 0 amide bonds. The van der Waals surface area contributed by atoms with E-state index in [9.17, 15) is 0 Å². The van der Waals surface area contributed by atoms with E-state index in [-0.39, 0.29) is 0 Å². The molecule has 10 aromatic rings. The van der Waals surface area contributed by atoms with E-state index in [0.717, 1.165) is 33.4 Å². The average molecular weight is 808 g/mol. The van der Waals surface area contributed by atoms with Crippen LogP contribution in [0.2, 0.25) is 0 Å². The second-order valence-electron chi connectivity index (χ2n) is 16.0. The van der Waals surface area contributed by atoms with E-state index in [0.29, 0.717) is 17.5 Å². The van der Waals surface area contributed by atoms with Crippen molar-refractivity contribution in [3.63, 3.8) is 0 Å². The summed E-state index contributed by atoms with van der Waals surface area (Å²) in [5.74, 6) is 1.84. The molecule has 3 heteroatoms. The number of aryl methyl sites for hydroxylation is 1. The van der Waals surface area contributed by atoms with E-state index in [1.54, 1.807) is 0 Å². The molecule has 0 N–H and O–H groups in total. The standard InChI is InChI=1S/C60H45N3/c1-44-24-20-21-41-55(44)58-62-56(45-25-22-39-53(42-45)59(47-27-8-2-9-28-47,48-29-10-3-11-30-48)49-31-12-4-13-32-49)61-57(63-58)46-26-23-40-54(43-46)60(50-33-14-5-15-34-50,51-35-16-6-17-36-51)52-37-18-7-19-38-52/h2-43H,1H3. The van der Waals surface area contributed by atoms with Crippen LogP contribution in [-0.2, 0) is 10.8 Å². The minimum atomic E-state index is -0.627. The van der Waals surface area contributed by atoms with Gasteiger partial charge in [0.15, 0.2) is 17.5 Å². The van der Waals surface area contributed by atoms with Crippen molar-refractivity contribution in [1.82, 2.24) is 15.0 Å². The van der Waals surface area contributed by atoms with Crippen molar-refractivity contribution >= 4 is 0 Å². The van der Waals surface area contributed by atoms with Crippen molar-refractivity contribution in [2.24, 2.45) is 0 Å². The molecule has 10 rings (SSSR count). The van der Waals surface area contributed by atoms with Gasteiger partial charge in [-0.25, -0.2) is 15.0 Å². The Morgan fingerprint density at radius 1 is 0.254 bits per heavy atom. The van der Waals surface area contributed by atoms with E-state index >= 15 is 0 Å². The van der Waals surface area contributed by atoms with Crippen molar-refractivity contribution in [2.45, 2.75) is 17.8 Å². The van der Waals surface area contributed by atoms with Crippen LogP contribution in [0, 0.1) is 6.92 Å². The zero-order valence-electron chi connectivity index (χ0n) is 35.1. The van der Waals surface area contributed by atoms with E-state index in [4.69, 9.17) is 15.0 Å². The number of hydrogen-bond acceptors (Lipinski definition) is 3. The van der Waals surface area contributed by atoms with Crippen molar-refractivity contribution in [3.8, 4) is 34.2 Å². The smallest absolute Gasteiger partial charge is 0.164 e. The number of aromatic nitrogens is 3. The highest BCUT2D eigenvalue weighted by Gasteiger charge is 2.40. The molecular formula is C60H45N3. The molecule has 1 aromatic heterocycles. The molecule has 1 heterocycles. The van der Waals surface area contributed by atoms with Crippen molar-refractivity contribution in [1.29, 1.82) is 0 Å². The van der Waals surface area contributed by atoms with Crippen molar-refractivity contribution < 1.29 is 0 Å². The molecule has 0 bridgehead atoms. The Bertz CT molecular complexity index is 2720. The molecule has 0 atom stereocenters. The van der Waals surface area contributed by atoms with Gasteiger partial charge in [-0.1, -0.05) is 243 Å². The Morgan fingerprint density at radius 3 is 0.841 bits per heavy atom. The van der Waals surface area contributed by atoms with Gasteiger partial charge in [0.2, 0.25) is 0 Å². The maximum absolute atomic E-state index is 5.39. The number of benzene rings is 9. The highest BCUT2D eigenvalue weighted by atomic mass is 15.0. The number of nitrogens with zero attached hydrogens (tertiary/aromatic N) is 3. The third-order valence-corrected chi connectivity index (χ3v) is 12.4. The summed E-state index contributed by atoms with van der Waals surface area (Å²) in [5.41, 5.74) is 11.9. The maximum atomic E-state index is 5.39. The van der Waals surface area contributed by atoms with Gasteiger partial charge in [0.25, 0.3) is 0 Å². The summed E-state index contributed by atoms with van der Waals surface area (Å²) in [7, 11) is 0. The van der Waals surface area contributed by atoms with Gasteiger partial charge >= 0.3 is 0 Å². The van der Waals surface area contributed by atoms with Gasteiger partial charge in [0.1, 0.15) is 0 Å². The molecule has 300 valence electrons. The molecule has 0 unspecified atom stereocenters. The summed E-state index contributed by atoms with van der Waals surface area (Å²) in [6, 6.07) is 90.7. The van der Waals surface area contributed by atoms with E-state index in [1.807, 2.05) is 0 Å². The number of rotatable bonds is 11. The lowest BCUT2D eigenvalue weighted by Gasteiger charge is -2.37. The van der Waals surface area contributed by atoms with Gasteiger partial charge < -0.3 is 0 Å². The first-order chi connectivity index (χ1) is 31.2. The molecule has 0 radical (unpaired) electrons. The fraction of sp³-hybridized carbons (Fsp3) is 0.0500. The van der Waals surface area contributed by atoms with E-state index < -0.39 is 10.8 Å². The van der Waals surface area contributed by atoms with Crippen LogP contribution in [0.15, 0.2) is 255 Å². The predicted molar refractivity (Wildman–Crippen MR) is 257 cm³/mol. The quantitative estimate of drug-likeness (QED) is 0.122. The van der Waals surface area contributed by atoms with Gasteiger partial charge in [0, 0.05) is 16.7 Å². The van der Waals surface area contributed by atoms with Crippen LogP contribution < -0.4 is 0 Å². The summed E-state index contributed by atoms with van der Waals surface area (Å²) in [6.07, 6.45) is 0. The van der Waals surface area contributed by atoms with Crippen LogP contribution in [0.3, 0.4) is 0 Å². The van der Waals surface area contributed by atoms with Gasteiger partial charge in [-0.05, 0) is 69.1 Å². The first-order valence-corrected chi connectivity index (χ1v) is 21.5. The Hall–Kier alpha value is -8.01. The van der Waals surface area contributed by atoms with Crippen LogP contribution in [0.1, 0.15) is 50.1 Å². The second-order valence-corrected chi connectivity index (χ2v) is 16.0. The van der Waals surface area contributed by atoms with Gasteiger partial charge in [-0.15, -0.1) is 0 Å². The molecule has 0 spiro atoms. The largest absolute Gasteiger partial charge is 0.208 e. The van der Waals surface area contributed by atoms with Crippen molar-refractivity contribution in [2.75, 3.05) is 0 Å². The molecule has 0 saturated heterocycles. The summed E-state index contributed by atoms with van der Waals surface area (Å²) >= 11 is 0.